The highest BCUT2D eigenvalue weighted by Crippen LogP contribution is 2.19. The first kappa shape index (κ1) is 18.0. The van der Waals surface area contributed by atoms with Crippen LogP contribution in [0, 0.1) is 0 Å². The van der Waals surface area contributed by atoms with Crippen LogP contribution in [0.25, 0.3) is 0 Å². The number of thioether (sulfide) groups is 1. The molecule has 9 heteroatoms. The Hall–Kier alpha value is -1.84. The van der Waals surface area contributed by atoms with Crippen LogP contribution in [0.3, 0.4) is 0 Å². The second-order valence-corrected chi connectivity index (χ2v) is 8.81. The van der Waals surface area contributed by atoms with Gasteiger partial charge in [-0.2, -0.15) is 0 Å². The molecule has 0 atom stereocenters. The van der Waals surface area contributed by atoms with Gasteiger partial charge in [-0.15, -0.1) is 0 Å². The van der Waals surface area contributed by atoms with E-state index in [-0.39, 0.29) is 10.8 Å². The summed E-state index contributed by atoms with van der Waals surface area (Å²) in [5.41, 5.74) is 0.669. The SMILES string of the molecule is O=C(NC1=NCCS1)c1cccc(NS(=O)(=O)c2ccc(Br)cc2)c1. The standard InChI is InChI=1S/C16H14BrN3O3S2/c17-12-4-6-14(7-5-12)25(22,23)20-13-3-1-2-11(10-13)15(21)19-16-18-8-9-24-16/h1-7,10,20H,8-9H2,(H,18,19,21). The molecule has 2 N–H and O–H groups in total. The molecule has 25 heavy (non-hydrogen) atoms. The topological polar surface area (TPSA) is 87.6 Å². The summed E-state index contributed by atoms with van der Waals surface area (Å²) in [5, 5.41) is 3.30. The van der Waals surface area contributed by atoms with E-state index >= 15 is 0 Å². The van der Waals surface area contributed by atoms with Crippen molar-refractivity contribution in [3.8, 4) is 0 Å². The van der Waals surface area contributed by atoms with Gasteiger partial charge in [-0.3, -0.25) is 14.5 Å². The van der Waals surface area contributed by atoms with Crippen molar-refractivity contribution in [1.29, 1.82) is 0 Å². The van der Waals surface area contributed by atoms with E-state index < -0.39 is 10.0 Å². The second-order valence-electron chi connectivity index (χ2n) is 5.13. The minimum atomic E-state index is -3.73. The zero-order chi connectivity index (χ0) is 17.9. The van der Waals surface area contributed by atoms with E-state index in [0.717, 1.165) is 10.2 Å². The number of benzene rings is 2. The molecule has 0 saturated carbocycles. The molecule has 0 spiro atoms. The predicted molar refractivity (Wildman–Crippen MR) is 104 cm³/mol. The van der Waals surface area contributed by atoms with Crippen LogP contribution in [0.1, 0.15) is 10.4 Å². The Morgan fingerprint density at radius 3 is 2.60 bits per heavy atom. The van der Waals surface area contributed by atoms with Crippen molar-refractivity contribution in [2.45, 2.75) is 4.90 Å². The number of aliphatic imine (C=N–C) groups is 1. The van der Waals surface area contributed by atoms with E-state index in [1.807, 2.05) is 0 Å². The van der Waals surface area contributed by atoms with E-state index in [1.165, 1.54) is 30.0 Å². The maximum absolute atomic E-state index is 12.4. The summed E-state index contributed by atoms with van der Waals surface area (Å²) >= 11 is 4.75. The number of halogens is 1. The van der Waals surface area contributed by atoms with Gasteiger partial charge < -0.3 is 5.32 Å². The minimum absolute atomic E-state index is 0.141. The largest absolute Gasteiger partial charge is 0.301 e. The van der Waals surface area contributed by atoms with Crippen LogP contribution < -0.4 is 10.0 Å². The molecule has 2 aromatic carbocycles. The van der Waals surface area contributed by atoms with Crippen molar-refractivity contribution in [2.75, 3.05) is 17.0 Å². The molecule has 6 nitrogen and oxygen atoms in total. The van der Waals surface area contributed by atoms with E-state index in [0.29, 0.717) is 23.0 Å². The molecule has 0 fully saturated rings. The van der Waals surface area contributed by atoms with Crippen LogP contribution >= 0.6 is 27.7 Å². The molecule has 0 aromatic heterocycles. The molecule has 0 saturated heterocycles. The van der Waals surface area contributed by atoms with Gasteiger partial charge in [0.05, 0.1) is 11.4 Å². The Kier molecular flexibility index (Phi) is 5.45. The van der Waals surface area contributed by atoms with Crippen molar-refractivity contribution in [3.05, 3.63) is 58.6 Å². The first-order valence-electron chi connectivity index (χ1n) is 7.31. The normalized spacial score (nSPS) is 14.0. The molecule has 0 bridgehead atoms. The van der Waals surface area contributed by atoms with Crippen molar-refractivity contribution in [1.82, 2.24) is 5.32 Å². The molecular weight excluding hydrogens is 426 g/mol. The summed E-state index contributed by atoms with van der Waals surface area (Å²) in [6.45, 7) is 0.688. The summed E-state index contributed by atoms with van der Waals surface area (Å²) in [4.78, 5) is 16.5. The summed E-state index contributed by atoms with van der Waals surface area (Å²) in [5.74, 6) is 0.528. The highest BCUT2D eigenvalue weighted by Gasteiger charge is 2.16. The van der Waals surface area contributed by atoms with Crippen molar-refractivity contribution in [2.24, 2.45) is 4.99 Å². The molecule has 1 aliphatic heterocycles. The van der Waals surface area contributed by atoms with Gasteiger partial charge in [0, 0.05) is 21.5 Å². The Bertz CT molecular complexity index is 928. The molecule has 1 aliphatic rings. The lowest BCUT2D eigenvalue weighted by Gasteiger charge is -2.10. The summed E-state index contributed by atoms with van der Waals surface area (Å²) in [6, 6.07) is 12.6. The third kappa shape index (κ3) is 4.62. The molecule has 2 aromatic rings. The van der Waals surface area contributed by atoms with E-state index in [2.05, 4.69) is 31.0 Å². The predicted octanol–water partition coefficient (Wildman–Crippen LogP) is 3.08. The van der Waals surface area contributed by atoms with Gasteiger partial charge in [0.2, 0.25) is 0 Å². The van der Waals surface area contributed by atoms with Crippen LogP contribution in [0.2, 0.25) is 0 Å². The van der Waals surface area contributed by atoms with Crippen molar-refractivity contribution >= 4 is 54.5 Å². The first-order valence-corrected chi connectivity index (χ1v) is 10.6. The van der Waals surface area contributed by atoms with Gasteiger partial charge >= 0.3 is 0 Å². The summed E-state index contributed by atoms with van der Waals surface area (Å²) in [7, 11) is -3.73. The molecule has 0 radical (unpaired) electrons. The molecule has 130 valence electrons. The highest BCUT2D eigenvalue weighted by molar-refractivity contribution is 9.10. The number of carbonyl (C=O) groups excluding carboxylic acids is 1. The lowest BCUT2D eigenvalue weighted by molar-refractivity contribution is 0.0978. The van der Waals surface area contributed by atoms with Crippen LogP contribution in [-0.4, -0.2) is 31.8 Å². The number of amides is 1. The number of nitrogens with one attached hydrogen (secondary N) is 2. The van der Waals surface area contributed by atoms with Crippen LogP contribution in [-0.2, 0) is 10.0 Å². The van der Waals surface area contributed by atoms with Gasteiger partial charge in [-0.25, -0.2) is 8.42 Å². The first-order chi connectivity index (χ1) is 11.9. The number of amidine groups is 1. The maximum atomic E-state index is 12.4. The maximum Gasteiger partial charge on any atom is 0.261 e. The number of sulfonamides is 1. The van der Waals surface area contributed by atoms with Gasteiger partial charge in [-0.05, 0) is 42.5 Å². The van der Waals surface area contributed by atoms with E-state index in [4.69, 9.17) is 0 Å². The van der Waals surface area contributed by atoms with Gasteiger partial charge in [-0.1, -0.05) is 33.8 Å². The van der Waals surface area contributed by atoms with Crippen molar-refractivity contribution < 1.29 is 13.2 Å². The van der Waals surface area contributed by atoms with Gasteiger partial charge in [0.1, 0.15) is 0 Å². The average molecular weight is 440 g/mol. The molecule has 1 amide bonds. The van der Waals surface area contributed by atoms with E-state index in [9.17, 15) is 13.2 Å². The lowest BCUT2D eigenvalue weighted by atomic mass is 10.2. The molecule has 0 aliphatic carbocycles. The average Bonchev–Trinajstić information content (AvgIpc) is 3.08. The number of rotatable bonds is 4. The molecule has 0 unspecified atom stereocenters. The van der Waals surface area contributed by atoms with Crippen molar-refractivity contribution in [3.63, 3.8) is 0 Å². The Morgan fingerprint density at radius 2 is 1.92 bits per heavy atom. The lowest BCUT2D eigenvalue weighted by Crippen LogP contribution is -2.27. The number of carbonyl (C=O) groups is 1. The number of nitrogens with zero attached hydrogens (tertiary/aromatic N) is 1. The zero-order valence-electron chi connectivity index (χ0n) is 12.9. The molecule has 3 rings (SSSR count). The number of anilines is 1. The second kappa shape index (κ2) is 7.59. The highest BCUT2D eigenvalue weighted by atomic mass is 79.9. The quantitative estimate of drug-likeness (QED) is 0.765. The fourth-order valence-corrected chi connectivity index (χ4v) is 4.17. The Morgan fingerprint density at radius 1 is 1.16 bits per heavy atom. The van der Waals surface area contributed by atoms with E-state index in [1.54, 1.807) is 30.3 Å². The smallest absolute Gasteiger partial charge is 0.261 e. The molecular formula is C16H14BrN3O3S2. The molecule has 1 heterocycles. The van der Waals surface area contributed by atoms with Gasteiger partial charge in [0.15, 0.2) is 5.17 Å². The van der Waals surface area contributed by atoms with Gasteiger partial charge in [0.25, 0.3) is 15.9 Å². The summed E-state index contributed by atoms with van der Waals surface area (Å²) < 4.78 is 28.1. The number of hydrogen-bond acceptors (Lipinski definition) is 5. The fourth-order valence-electron chi connectivity index (χ4n) is 2.13. The van der Waals surface area contributed by atoms with Crippen LogP contribution in [0.15, 0.2) is 62.9 Å². The monoisotopic (exact) mass is 439 g/mol. The summed E-state index contributed by atoms with van der Waals surface area (Å²) in [6.07, 6.45) is 0. The van der Waals surface area contributed by atoms with Crippen LogP contribution in [0.4, 0.5) is 5.69 Å². The number of hydrogen-bond donors (Lipinski definition) is 2. The third-order valence-corrected chi connectivity index (χ3v) is 6.12. The zero-order valence-corrected chi connectivity index (χ0v) is 16.1. The Labute approximate surface area is 158 Å². The minimum Gasteiger partial charge on any atom is -0.301 e. The van der Waals surface area contributed by atoms with Crippen LogP contribution in [0.5, 0.6) is 0 Å². The third-order valence-electron chi connectivity index (χ3n) is 3.31. The Balaban J connectivity index is 1.77. The fraction of sp³-hybridized carbons (Fsp3) is 0.125.